The van der Waals surface area contributed by atoms with Gasteiger partial charge in [0.2, 0.25) is 0 Å². The van der Waals surface area contributed by atoms with E-state index in [1.165, 1.54) is 23.5 Å². The van der Waals surface area contributed by atoms with Gasteiger partial charge in [-0.1, -0.05) is 45.9 Å². The van der Waals surface area contributed by atoms with E-state index in [0.717, 1.165) is 24.9 Å². The maximum Gasteiger partial charge on any atom is 0.0107 e. The fourth-order valence-corrected chi connectivity index (χ4v) is 4.24. The predicted octanol–water partition coefficient (Wildman–Crippen LogP) is 4.93. The standard InChI is InChI=1S/C18H29NS/c1-5-10-19-12-15(18(2,3)4)11-14-13-20-17-9-7-6-8-16(14)17/h6-9,14-15,19H,5,10-13H2,1-4H3. The summed E-state index contributed by atoms with van der Waals surface area (Å²) >= 11 is 2.04. The molecule has 0 saturated carbocycles. The van der Waals surface area contributed by atoms with Crippen molar-refractivity contribution in [2.45, 2.75) is 51.3 Å². The van der Waals surface area contributed by atoms with E-state index in [4.69, 9.17) is 0 Å². The third-order valence-electron chi connectivity index (χ3n) is 4.41. The molecule has 0 saturated heterocycles. The zero-order valence-electron chi connectivity index (χ0n) is 13.4. The molecule has 112 valence electrons. The molecule has 2 atom stereocenters. The minimum Gasteiger partial charge on any atom is -0.316 e. The van der Waals surface area contributed by atoms with E-state index in [1.54, 1.807) is 5.56 Å². The summed E-state index contributed by atoms with van der Waals surface area (Å²) in [5, 5.41) is 3.63. The van der Waals surface area contributed by atoms with Crippen LogP contribution in [-0.4, -0.2) is 18.8 Å². The lowest BCUT2D eigenvalue weighted by atomic mass is 9.75. The Kier molecular flexibility index (Phi) is 5.57. The third-order valence-corrected chi connectivity index (χ3v) is 5.66. The first-order valence-electron chi connectivity index (χ1n) is 7.94. The topological polar surface area (TPSA) is 12.0 Å². The molecule has 2 rings (SSSR count). The van der Waals surface area contributed by atoms with Gasteiger partial charge in [0, 0.05) is 10.6 Å². The van der Waals surface area contributed by atoms with Gasteiger partial charge in [-0.25, -0.2) is 0 Å². The van der Waals surface area contributed by atoms with E-state index in [2.05, 4.69) is 57.3 Å². The summed E-state index contributed by atoms with van der Waals surface area (Å²) in [7, 11) is 0. The molecular weight excluding hydrogens is 262 g/mol. The minimum atomic E-state index is 0.378. The molecule has 20 heavy (non-hydrogen) atoms. The molecule has 1 aromatic rings. The molecule has 0 radical (unpaired) electrons. The number of nitrogens with one attached hydrogen (secondary N) is 1. The van der Waals surface area contributed by atoms with Crippen LogP contribution in [0.2, 0.25) is 0 Å². The Bertz CT molecular complexity index is 422. The molecule has 1 heterocycles. The molecule has 1 nitrogen and oxygen atoms in total. The number of rotatable bonds is 6. The first-order valence-corrected chi connectivity index (χ1v) is 8.93. The van der Waals surface area contributed by atoms with Crippen LogP contribution >= 0.6 is 11.8 Å². The second-order valence-corrected chi connectivity index (χ2v) is 8.11. The molecule has 0 amide bonds. The highest BCUT2D eigenvalue weighted by atomic mass is 32.2. The number of hydrogen-bond acceptors (Lipinski definition) is 2. The van der Waals surface area contributed by atoms with Crippen LogP contribution in [0.25, 0.3) is 0 Å². The highest BCUT2D eigenvalue weighted by Gasteiger charge is 2.31. The Labute approximate surface area is 128 Å². The zero-order chi connectivity index (χ0) is 14.6. The third kappa shape index (κ3) is 4.02. The summed E-state index contributed by atoms with van der Waals surface area (Å²) in [5.74, 6) is 2.74. The summed E-state index contributed by atoms with van der Waals surface area (Å²) in [6, 6.07) is 8.97. The highest BCUT2D eigenvalue weighted by molar-refractivity contribution is 7.99. The van der Waals surface area contributed by atoms with E-state index >= 15 is 0 Å². The van der Waals surface area contributed by atoms with E-state index < -0.39 is 0 Å². The fraction of sp³-hybridized carbons (Fsp3) is 0.667. The Morgan fingerprint density at radius 1 is 1.30 bits per heavy atom. The number of fused-ring (bicyclic) bond motifs is 1. The maximum absolute atomic E-state index is 3.63. The molecule has 0 aliphatic carbocycles. The maximum atomic E-state index is 3.63. The van der Waals surface area contributed by atoms with Crippen molar-refractivity contribution in [3.8, 4) is 0 Å². The minimum absolute atomic E-state index is 0.378. The van der Waals surface area contributed by atoms with Gasteiger partial charge in [-0.15, -0.1) is 11.8 Å². The molecule has 1 N–H and O–H groups in total. The van der Waals surface area contributed by atoms with Gasteiger partial charge in [-0.3, -0.25) is 0 Å². The first-order chi connectivity index (χ1) is 9.52. The van der Waals surface area contributed by atoms with Crippen molar-refractivity contribution in [3.63, 3.8) is 0 Å². The summed E-state index contributed by atoms with van der Waals surface area (Å²) < 4.78 is 0. The van der Waals surface area contributed by atoms with Crippen molar-refractivity contribution in [1.82, 2.24) is 5.32 Å². The quantitative estimate of drug-likeness (QED) is 0.746. The summed E-state index contributed by atoms with van der Waals surface area (Å²) in [4.78, 5) is 1.51. The van der Waals surface area contributed by atoms with Crippen molar-refractivity contribution in [2.75, 3.05) is 18.8 Å². The second-order valence-electron chi connectivity index (χ2n) is 7.05. The van der Waals surface area contributed by atoms with E-state index in [9.17, 15) is 0 Å². The van der Waals surface area contributed by atoms with Crippen LogP contribution < -0.4 is 5.32 Å². The Hall–Kier alpha value is -0.470. The lowest BCUT2D eigenvalue weighted by Gasteiger charge is -2.33. The molecular formula is C18H29NS. The molecule has 1 aliphatic rings. The van der Waals surface area contributed by atoms with Gasteiger partial charge in [0.05, 0.1) is 0 Å². The average Bonchev–Trinajstić information content (AvgIpc) is 2.80. The molecule has 0 bridgehead atoms. The van der Waals surface area contributed by atoms with Crippen LogP contribution in [0.5, 0.6) is 0 Å². The Morgan fingerprint density at radius 3 is 2.75 bits per heavy atom. The van der Waals surface area contributed by atoms with Gasteiger partial charge >= 0.3 is 0 Å². The lowest BCUT2D eigenvalue weighted by Crippen LogP contribution is -2.33. The van der Waals surface area contributed by atoms with Crippen LogP contribution in [-0.2, 0) is 0 Å². The SMILES string of the molecule is CCCNCC(CC1CSc2ccccc21)C(C)(C)C. The predicted molar refractivity (Wildman–Crippen MR) is 90.6 cm³/mol. The molecule has 0 spiro atoms. The van der Waals surface area contributed by atoms with Gasteiger partial charge in [0.15, 0.2) is 0 Å². The number of thioether (sulfide) groups is 1. The van der Waals surface area contributed by atoms with Gasteiger partial charge < -0.3 is 5.32 Å². The average molecular weight is 292 g/mol. The van der Waals surface area contributed by atoms with Crippen molar-refractivity contribution in [2.24, 2.45) is 11.3 Å². The number of benzene rings is 1. The van der Waals surface area contributed by atoms with Crippen LogP contribution in [0.3, 0.4) is 0 Å². The molecule has 1 aliphatic heterocycles. The van der Waals surface area contributed by atoms with E-state index in [0.29, 0.717) is 5.41 Å². The van der Waals surface area contributed by atoms with Gasteiger partial charge in [-0.2, -0.15) is 0 Å². The monoisotopic (exact) mass is 291 g/mol. The van der Waals surface area contributed by atoms with Gasteiger partial charge in [-0.05, 0) is 54.8 Å². The fourth-order valence-electron chi connectivity index (χ4n) is 2.96. The summed E-state index contributed by atoms with van der Waals surface area (Å²) in [5.41, 5.74) is 1.96. The molecule has 2 unspecified atom stereocenters. The van der Waals surface area contributed by atoms with Crippen molar-refractivity contribution in [3.05, 3.63) is 29.8 Å². The largest absolute Gasteiger partial charge is 0.316 e. The van der Waals surface area contributed by atoms with Crippen LogP contribution in [0.4, 0.5) is 0 Å². The van der Waals surface area contributed by atoms with Crippen LogP contribution in [0.15, 0.2) is 29.2 Å². The summed E-state index contributed by atoms with van der Waals surface area (Å²) in [6.45, 7) is 11.7. The smallest absolute Gasteiger partial charge is 0.0107 e. The Balaban J connectivity index is 2.01. The van der Waals surface area contributed by atoms with Crippen LogP contribution in [0, 0.1) is 11.3 Å². The van der Waals surface area contributed by atoms with Crippen LogP contribution in [0.1, 0.15) is 52.0 Å². The number of hydrogen-bond donors (Lipinski definition) is 1. The second kappa shape index (κ2) is 7.00. The van der Waals surface area contributed by atoms with Gasteiger partial charge in [0.1, 0.15) is 0 Å². The van der Waals surface area contributed by atoms with Gasteiger partial charge in [0.25, 0.3) is 0 Å². The zero-order valence-corrected chi connectivity index (χ0v) is 14.2. The van der Waals surface area contributed by atoms with Crippen molar-refractivity contribution in [1.29, 1.82) is 0 Å². The molecule has 1 aromatic carbocycles. The van der Waals surface area contributed by atoms with E-state index in [1.807, 2.05) is 11.8 Å². The molecule has 2 heteroatoms. The first kappa shape index (κ1) is 15.9. The van der Waals surface area contributed by atoms with Crippen molar-refractivity contribution >= 4 is 11.8 Å². The highest BCUT2D eigenvalue weighted by Crippen LogP contribution is 2.44. The molecule has 0 fully saturated rings. The Morgan fingerprint density at radius 2 is 2.05 bits per heavy atom. The van der Waals surface area contributed by atoms with Crippen molar-refractivity contribution < 1.29 is 0 Å². The lowest BCUT2D eigenvalue weighted by molar-refractivity contribution is 0.210. The van der Waals surface area contributed by atoms with E-state index in [-0.39, 0.29) is 0 Å². The summed E-state index contributed by atoms with van der Waals surface area (Å²) in [6.07, 6.45) is 2.53. The normalized spacial score (nSPS) is 19.9. The molecule has 0 aromatic heterocycles.